The number of thioether (sulfide) groups is 1. The number of hydrogen-bond donors (Lipinski definition) is 0. The van der Waals surface area contributed by atoms with Gasteiger partial charge >= 0.3 is 0 Å². The van der Waals surface area contributed by atoms with Gasteiger partial charge in [-0.25, -0.2) is 9.67 Å². The molecule has 0 atom stereocenters. The number of benzene rings is 1. The lowest BCUT2D eigenvalue weighted by Crippen LogP contribution is -2.22. The second-order valence-corrected chi connectivity index (χ2v) is 6.98. The van der Waals surface area contributed by atoms with Crippen LogP contribution < -0.4 is 5.56 Å². The minimum Gasteiger partial charge on any atom is -0.299 e. The molecule has 124 valence electrons. The first kappa shape index (κ1) is 15.3. The van der Waals surface area contributed by atoms with Gasteiger partial charge < -0.3 is 0 Å². The van der Waals surface area contributed by atoms with Gasteiger partial charge in [0.15, 0.2) is 0 Å². The predicted molar refractivity (Wildman–Crippen MR) is 91.9 cm³/mol. The van der Waals surface area contributed by atoms with Crippen LogP contribution in [0.1, 0.15) is 37.5 Å². The lowest BCUT2D eigenvalue weighted by atomic mass is 10.2. The van der Waals surface area contributed by atoms with Gasteiger partial charge in [0.1, 0.15) is 5.82 Å². The fourth-order valence-corrected chi connectivity index (χ4v) is 4.11. The predicted octanol–water partition coefficient (Wildman–Crippen LogP) is 2.33. The van der Waals surface area contributed by atoms with E-state index in [0.29, 0.717) is 17.2 Å². The summed E-state index contributed by atoms with van der Waals surface area (Å²) in [4.78, 5) is 17.1. The van der Waals surface area contributed by atoms with Crippen LogP contribution in [-0.2, 0) is 12.8 Å². The van der Waals surface area contributed by atoms with E-state index < -0.39 is 0 Å². The Morgan fingerprint density at radius 3 is 2.88 bits per heavy atom. The molecule has 0 aliphatic heterocycles. The summed E-state index contributed by atoms with van der Waals surface area (Å²) in [5.41, 5.74) is 0.707. The summed E-state index contributed by atoms with van der Waals surface area (Å²) in [6.45, 7) is 0. The molecule has 1 aromatic carbocycles. The van der Waals surface area contributed by atoms with Crippen molar-refractivity contribution in [3.05, 3.63) is 40.4 Å². The Bertz CT molecular complexity index is 928. The maximum atomic E-state index is 12.5. The van der Waals surface area contributed by atoms with Gasteiger partial charge in [-0.3, -0.25) is 9.36 Å². The fourth-order valence-electron chi connectivity index (χ4n) is 3.18. The van der Waals surface area contributed by atoms with Gasteiger partial charge in [0, 0.05) is 7.05 Å². The van der Waals surface area contributed by atoms with Gasteiger partial charge in [-0.1, -0.05) is 36.7 Å². The van der Waals surface area contributed by atoms with Gasteiger partial charge in [-0.2, -0.15) is 0 Å². The SMILES string of the molecule is Cn1c(CSc2nnnn2C2CCCC2)nc2ccccc2c1=O. The summed E-state index contributed by atoms with van der Waals surface area (Å²) in [5, 5.41) is 13.5. The van der Waals surface area contributed by atoms with Gasteiger partial charge in [0.25, 0.3) is 5.56 Å². The fraction of sp³-hybridized carbons (Fsp3) is 0.438. The number of hydrogen-bond acceptors (Lipinski definition) is 6. The van der Waals surface area contributed by atoms with Crippen LogP contribution in [0.2, 0.25) is 0 Å². The Kier molecular flexibility index (Phi) is 4.05. The highest BCUT2D eigenvalue weighted by molar-refractivity contribution is 7.98. The molecule has 24 heavy (non-hydrogen) atoms. The molecule has 0 spiro atoms. The lowest BCUT2D eigenvalue weighted by molar-refractivity contribution is 0.423. The highest BCUT2D eigenvalue weighted by atomic mass is 32.2. The summed E-state index contributed by atoms with van der Waals surface area (Å²) < 4.78 is 3.54. The minimum atomic E-state index is -0.0217. The van der Waals surface area contributed by atoms with Gasteiger partial charge in [-0.05, 0) is 35.4 Å². The molecule has 0 saturated heterocycles. The molecule has 4 rings (SSSR count). The molecule has 2 aromatic heterocycles. The first-order chi connectivity index (χ1) is 11.7. The Morgan fingerprint density at radius 1 is 1.25 bits per heavy atom. The van der Waals surface area contributed by atoms with Crippen molar-refractivity contribution in [2.45, 2.75) is 42.6 Å². The third kappa shape index (κ3) is 2.71. The van der Waals surface area contributed by atoms with E-state index in [-0.39, 0.29) is 5.56 Å². The molecule has 1 saturated carbocycles. The Morgan fingerprint density at radius 2 is 2.04 bits per heavy atom. The Hall–Kier alpha value is -2.22. The molecule has 0 bridgehead atoms. The zero-order valence-corrected chi connectivity index (χ0v) is 14.2. The van der Waals surface area contributed by atoms with Crippen LogP contribution in [-0.4, -0.2) is 29.8 Å². The number of para-hydroxylation sites is 1. The lowest BCUT2D eigenvalue weighted by Gasteiger charge is -2.12. The summed E-state index contributed by atoms with van der Waals surface area (Å²) in [7, 11) is 1.76. The van der Waals surface area contributed by atoms with Crippen LogP contribution in [0.15, 0.2) is 34.2 Å². The zero-order chi connectivity index (χ0) is 16.5. The smallest absolute Gasteiger partial charge is 0.261 e. The average molecular weight is 342 g/mol. The van der Waals surface area contributed by atoms with Gasteiger partial charge in [-0.15, -0.1) is 5.10 Å². The molecule has 7 nitrogen and oxygen atoms in total. The molecule has 0 N–H and O–H groups in total. The standard InChI is InChI=1S/C16H18N6OS/c1-21-14(17-13-9-5-4-8-12(13)15(21)23)10-24-16-18-19-20-22(16)11-6-2-3-7-11/h4-5,8-9,11H,2-3,6-7,10H2,1H3. The maximum Gasteiger partial charge on any atom is 0.261 e. The molecule has 3 aromatic rings. The van der Waals surface area contributed by atoms with Crippen LogP contribution >= 0.6 is 11.8 Å². The third-order valence-electron chi connectivity index (χ3n) is 4.54. The second kappa shape index (κ2) is 6.35. The molecule has 0 amide bonds. The van der Waals surface area contributed by atoms with Crippen LogP contribution in [0, 0.1) is 0 Å². The van der Waals surface area contributed by atoms with E-state index in [0.717, 1.165) is 29.3 Å². The van der Waals surface area contributed by atoms with Crippen molar-refractivity contribution in [1.29, 1.82) is 0 Å². The van der Waals surface area contributed by atoms with Crippen LogP contribution in [0.3, 0.4) is 0 Å². The van der Waals surface area contributed by atoms with E-state index >= 15 is 0 Å². The monoisotopic (exact) mass is 342 g/mol. The normalized spacial score (nSPS) is 15.4. The van der Waals surface area contributed by atoms with E-state index in [9.17, 15) is 4.79 Å². The molecule has 2 heterocycles. The molecule has 0 radical (unpaired) electrons. The number of nitrogens with zero attached hydrogens (tertiary/aromatic N) is 6. The number of aromatic nitrogens is 6. The van der Waals surface area contributed by atoms with E-state index in [1.165, 1.54) is 24.6 Å². The summed E-state index contributed by atoms with van der Waals surface area (Å²) in [6.07, 6.45) is 4.72. The van der Waals surface area contributed by atoms with Crippen LogP contribution in [0.4, 0.5) is 0 Å². The number of tetrazole rings is 1. The average Bonchev–Trinajstić information content (AvgIpc) is 3.27. The van der Waals surface area contributed by atoms with Crippen molar-refractivity contribution < 1.29 is 0 Å². The van der Waals surface area contributed by atoms with Gasteiger partial charge in [0.05, 0.1) is 22.7 Å². The third-order valence-corrected chi connectivity index (χ3v) is 5.47. The van der Waals surface area contributed by atoms with E-state index in [1.807, 2.05) is 28.9 Å². The zero-order valence-electron chi connectivity index (χ0n) is 13.4. The molecule has 1 aliphatic carbocycles. The van der Waals surface area contributed by atoms with E-state index in [4.69, 9.17) is 0 Å². The Balaban J connectivity index is 1.61. The van der Waals surface area contributed by atoms with E-state index in [1.54, 1.807) is 11.6 Å². The molecule has 8 heteroatoms. The van der Waals surface area contributed by atoms with E-state index in [2.05, 4.69) is 20.5 Å². The summed E-state index contributed by atoms with van der Waals surface area (Å²) in [6, 6.07) is 7.83. The first-order valence-corrected chi connectivity index (χ1v) is 9.08. The van der Waals surface area contributed by atoms with Crippen molar-refractivity contribution >= 4 is 22.7 Å². The van der Waals surface area contributed by atoms with Crippen molar-refractivity contribution in [3.8, 4) is 0 Å². The molecular formula is C16H18N6OS. The Labute approximate surface area is 143 Å². The minimum absolute atomic E-state index is 0.0217. The largest absolute Gasteiger partial charge is 0.299 e. The number of rotatable bonds is 4. The highest BCUT2D eigenvalue weighted by Crippen LogP contribution is 2.32. The molecule has 1 aliphatic rings. The maximum absolute atomic E-state index is 12.5. The van der Waals surface area contributed by atoms with Crippen molar-refractivity contribution in [2.75, 3.05) is 0 Å². The summed E-state index contributed by atoms with van der Waals surface area (Å²) in [5.74, 6) is 1.29. The van der Waals surface area contributed by atoms with Crippen molar-refractivity contribution in [3.63, 3.8) is 0 Å². The summed E-state index contributed by atoms with van der Waals surface area (Å²) >= 11 is 1.53. The number of fused-ring (bicyclic) bond motifs is 1. The van der Waals surface area contributed by atoms with Crippen LogP contribution in [0.25, 0.3) is 10.9 Å². The van der Waals surface area contributed by atoms with Crippen LogP contribution in [0.5, 0.6) is 0 Å². The van der Waals surface area contributed by atoms with Crippen molar-refractivity contribution in [2.24, 2.45) is 7.05 Å². The molecule has 0 unspecified atom stereocenters. The van der Waals surface area contributed by atoms with Crippen molar-refractivity contribution in [1.82, 2.24) is 29.8 Å². The van der Waals surface area contributed by atoms with Gasteiger partial charge in [0.2, 0.25) is 5.16 Å². The highest BCUT2D eigenvalue weighted by Gasteiger charge is 2.22. The second-order valence-electron chi connectivity index (χ2n) is 6.04. The quantitative estimate of drug-likeness (QED) is 0.677. The first-order valence-electron chi connectivity index (χ1n) is 8.09. The molecular weight excluding hydrogens is 324 g/mol. The molecule has 1 fully saturated rings. The topological polar surface area (TPSA) is 78.5 Å².